The number of imidazole rings is 1. The van der Waals surface area contributed by atoms with Crippen LogP contribution in [0.25, 0.3) is 11.0 Å². The summed E-state index contributed by atoms with van der Waals surface area (Å²) >= 11 is 9.85. The summed E-state index contributed by atoms with van der Waals surface area (Å²) in [7, 11) is 0. The van der Waals surface area contributed by atoms with E-state index in [0.29, 0.717) is 63.2 Å². The monoisotopic (exact) mass is 605 g/mol. The Balaban J connectivity index is 1.28. The maximum Gasteiger partial charge on any atom is 0.255 e. The number of nitrogens with zero attached hydrogens (tertiary/aromatic N) is 1. The number of halogens is 3. The Morgan fingerprint density at radius 2 is 1.95 bits per heavy atom. The van der Waals surface area contributed by atoms with Crippen molar-refractivity contribution >= 4 is 61.8 Å². The Kier molecular flexibility index (Phi) is 7.86. The number of carbonyl (C=O) groups excluding carboxylic acids is 1. The minimum Gasteiger partial charge on any atom is -0.381 e. The van der Waals surface area contributed by atoms with Crippen LogP contribution in [-0.2, 0) is 6.54 Å². The van der Waals surface area contributed by atoms with Gasteiger partial charge in [0.2, 0.25) is 5.95 Å². The van der Waals surface area contributed by atoms with E-state index in [1.54, 1.807) is 30.3 Å². The van der Waals surface area contributed by atoms with E-state index < -0.39 is 0 Å². The zero-order valence-corrected chi connectivity index (χ0v) is 23.5. The van der Waals surface area contributed by atoms with Crippen LogP contribution in [0.5, 0.6) is 0 Å². The topological polar surface area (TPSA) is 81.8 Å². The average Bonchev–Trinajstić information content (AvgIpc) is 3.32. The molecule has 1 aliphatic rings. The number of hydrogen-bond acceptors (Lipinski definition) is 4. The predicted molar refractivity (Wildman–Crippen MR) is 160 cm³/mol. The van der Waals surface area contributed by atoms with Gasteiger partial charge in [0.15, 0.2) is 0 Å². The zero-order chi connectivity index (χ0) is 27.5. The molecular weight excluding hydrogens is 581 g/mol. The van der Waals surface area contributed by atoms with Crippen molar-refractivity contribution in [3.05, 3.63) is 117 Å². The van der Waals surface area contributed by atoms with Gasteiger partial charge < -0.3 is 20.9 Å². The Hall–Kier alpha value is -3.88. The summed E-state index contributed by atoms with van der Waals surface area (Å²) in [5.74, 6) is 0.0401. The fourth-order valence-electron chi connectivity index (χ4n) is 4.40. The number of aromatic amines is 1. The van der Waals surface area contributed by atoms with Gasteiger partial charge in [0, 0.05) is 33.5 Å². The van der Waals surface area contributed by atoms with Crippen molar-refractivity contribution in [3.63, 3.8) is 0 Å². The lowest BCUT2D eigenvalue weighted by atomic mass is 9.96. The van der Waals surface area contributed by atoms with E-state index in [9.17, 15) is 9.18 Å². The average molecular weight is 607 g/mol. The third kappa shape index (κ3) is 6.24. The van der Waals surface area contributed by atoms with Gasteiger partial charge in [0.05, 0.1) is 21.7 Å². The Labute approximate surface area is 239 Å². The Morgan fingerprint density at radius 3 is 2.72 bits per heavy atom. The predicted octanol–water partition coefficient (Wildman–Crippen LogP) is 8.54. The van der Waals surface area contributed by atoms with Crippen LogP contribution in [0.4, 0.5) is 21.7 Å². The highest BCUT2D eigenvalue weighted by molar-refractivity contribution is 9.10. The van der Waals surface area contributed by atoms with E-state index in [1.165, 1.54) is 0 Å². The minimum atomic E-state index is -0.228. The lowest BCUT2D eigenvalue weighted by Crippen LogP contribution is -2.16. The van der Waals surface area contributed by atoms with Crippen molar-refractivity contribution < 1.29 is 9.18 Å². The summed E-state index contributed by atoms with van der Waals surface area (Å²) in [6.45, 7) is 6.42. The SMILES string of the molecule is C=C(NCc1ccc(Cl)c(Nc2nc3ccc(C(=O)Nc4ccc(Br)cc4)cc3[nH]2)c1)C1=C(C)CCC=C1F. The molecule has 198 valence electrons. The summed E-state index contributed by atoms with van der Waals surface area (Å²) in [5, 5.41) is 9.87. The first-order valence-corrected chi connectivity index (χ1v) is 13.5. The van der Waals surface area contributed by atoms with Gasteiger partial charge >= 0.3 is 0 Å². The molecule has 3 aromatic carbocycles. The fourth-order valence-corrected chi connectivity index (χ4v) is 4.83. The summed E-state index contributed by atoms with van der Waals surface area (Å²) < 4.78 is 15.3. The van der Waals surface area contributed by atoms with E-state index >= 15 is 0 Å². The molecule has 0 spiro atoms. The molecule has 6 nitrogen and oxygen atoms in total. The lowest BCUT2D eigenvalue weighted by molar-refractivity contribution is 0.102. The largest absolute Gasteiger partial charge is 0.381 e. The maximum atomic E-state index is 14.3. The van der Waals surface area contributed by atoms with E-state index in [2.05, 4.69) is 48.4 Å². The first kappa shape index (κ1) is 26.7. The first-order valence-electron chi connectivity index (χ1n) is 12.4. The third-order valence-corrected chi connectivity index (χ3v) is 7.30. The molecular formula is C30H26BrClFN5O. The number of anilines is 3. The van der Waals surface area contributed by atoms with Gasteiger partial charge in [0.25, 0.3) is 5.91 Å². The third-order valence-electron chi connectivity index (χ3n) is 6.45. The molecule has 0 atom stereocenters. The van der Waals surface area contributed by atoms with Crippen LogP contribution in [0.2, 0.25) is 5.02 Å². The Bertz CT molecular complexity index is 1640. The second-order valence-corrected chi connectivity index (χ2v) is 10.6. The molecule has 0 radical (unpaired) electrons. The van der Waals surface area contributed by atoms with Crippen molar-refractivity contribution in [2.45, 2.75) is 26.3 Å². The van der Waals surface area contributed by atoms with E-state index in [0.717, 1.165) is 22.0 Å². The smallest absolute Gasteiger partial charge is 0.255 e. The standard InChI is InChI=1S/C30H26BrClFN5O/c1-17-4-3-5-24(33)28(17)18(2)34-16-19-6-12-23(32)26(14-19)37-30-36-25-13-7-20(15-27(25)38-30)29(39)35-22-10-8-21(31)9-11-22/h5-15,34H,2-4,16H2,1H3,(H,35,39)(H2,36,37,38). The molecule has 1 aromatic heterocycles. The van der Waals surface area contributed by atoms with Crippen LogP contribution >= 0.6 is 27.5 Å². The highest BCUT2D eigenvalue weighted by atomic mass is 79.9. The van der Waals surface area contributed by atoms with Gasteiger partial charge in [-0.25, -0.2) is 9.37 Å². The van der Waals surface area contributed by atoms with Crippen LogP contribution < -0.4 is 16.0 Å². The zero-order valence-electron chi connectivity index (χ0n) is 21.2. The van der Waals surface area contributed by atoms with E-state index in [-0.39, 0.29) is 11.7 Å². The van der Waals surface area contributed by atoms with Gasteiger partial charge in [0.1, 0.15) is 5.83 Å². The van der Waals surface area contributed by atoms with E-state index in [4.69, 9.17) is 11.6 Å². The molecule has 0 saturated carbocycles. The summed E-state index contributed by atoms with van der Waals surface area (Å²) in [4.78, 5) is 20.5. The van der Waals surface area contributed by atoms with Crippen LogP contribution in [-0.4, -0.2) is 15.9 Å². The molecule has 0 saturated heterocycles. The molecule has 1 aliphatic carbocycles. The highest BCUT2D eigenvalue weighted by Gasteiger charge is 2.16. The van der Waals surface area contributed by atoms with E-state index in [1.807, 2.05) is 43.3 Å². The van der Waals surface area contributed by atoms with Crippen molar-refractivity contribution in [3.8, 4) is 0 Å². The van der Waals surface area contributed by atoms with Gasteiger partial charge in [-0.3, -0.25) is 4.79 Å². The number of hydrogen-bond donors (Lipinski definition) is 4. The first-order chi connectivity index (χ1) is 18.8. The molecule has 1 amide bonds. The van der Waals surface area contributed by atoms with Gasteiger partial charge in [-0.05, 0) is 86.0 Å². The van der Waals surface area contributed by atoms with Gasteiger partial charge in [-0.15, -0.1) is 0 Å². The summed E-state index contributed by atoms with van der Waals surface area (Å²) in [5.41, 5.74) is 6.31. The molecule has 39 heavy (non-hydrogen) atoms. The highest BCUT2D eigenvalue weighted by Crippen LogP contribution is 2.31. The second-order valence-electron chi connectivity index (χ2n) is 9.30. The lowest BCUT2D eigenvalue weighted by Gasteiger charge is -2.19. The molecule has 9 heteroatoms. The molecule has 4 aromatic rings. The van der Waals surface area contributed by atoms with Crippen LogP contribution in [0, 0.1) is 0 Å². The normalized spacial score (nSPS) is 13.3. The number of nitrogens with one attached hydrogen (secondary N) is 4. The van der Waals surface area contributed by atoms with Crippen LogP contribution in [0.3, 0.4) is 0 Å². The van der Waals surface area contributed by atoms with Crippen molar-refractivity contribution in [1.29, 1.82) is 0 Å². The molecule has 5 rings (SSSR count). The minimum absolute atomic E-state index is 0.220. The number of H-pyrrole nitrogens is 1. The summed E-state index contributed by atoms with van der Waals surface area (Å²) in [6, 6.07) is 18.3. The van der Waals surface area contributed by atoms with Crippen molar-refractivity contribution in [1.82, 2.24) is 15.3 Å². The molecule has 1 heterocycles. The second kappa shape index (κ2) is 11.5. The fraction of sp³-hybridized carbons (Fsp3) is 0.133. The Morgan fingerprint density at radius 1 is 1.15 bits per heavy atom. The molecule has 4 N–H and O–H groups in total. The number of rotatable bonds is 8. The number of aromatic nitrogens is 2. The quantitative estimate of drug-likeness (QED) is 0.162. The summed E-state index contributed by atoms with van der Waals surface area (Å²) in [6.07, 6.45) is 3.14. The van der Waals surface area contributed by atoms with Crippen LogP contribution in [0.1, 0.15) is 35.7 Å². The number of carbonyl (C=O) groups is 1. The van der Waals surface area contributed by atoms with Gasteiger partial charge in [-0.2, -0.15) is 0 Å². The maximum absolute atomic E-state index is 14.3. The molecule has 0 unspecified atom stereocenters. The van der Waals surface area contributed by atoms with Crippen LogP contribution in [0.15, 0.2) is 100 Å². The molecule has 0 fully saturated rings. The molecule has 0 aliphatic heterocycles. The molecule has 0 bridgehead atoms. The van der Waals surface area contributed by atoms with Gasteiger partial charge in [-0.1, -0.05) is 45.7 Å². The number of fused-ring (bicyclic) bond motifs is 1. The number of allylic oxidation sites excluding steroid dienone is 3. The number of amides is 1. The van der Waals surface area contributed by atoms with Crippen molar-refractivity contribution in [2.24, 2.45) is 0 Å². The van der Waals surface area contributed by atoms with Crippen molar-refractivity contribution in [2.75, 3.05) is 10.6 Å². The number of benzene rings is 3.